The smallest absolute Gasteiger partial charge is 0.161 e. The summed E-state index contributed by atoms with van der Waals surface area (Å²) in [4.78, 5) is 10.3. The minimum atomic E-state index is 0.308. The first-order valence-corrected chi connectivity index (χ1v) is 6.26. The maximum atomic E-state index is 5.97. The van der Waals surface area contributed by atoms with Crippen molar-refractivity contribution in [3.05, 3.63) is 41.3 Å². The zero-order chi connectivity index (χ0) is 12.5. The molecule has 3 rings (SSSR count). The lowest BCUT2D eigenvalue weighted by molar-refractivity contribution is 0.759. The maximum absolute atomic E-state index is 5.97. The molecule has 1 aliphatic heterocycles. The number of nitrogens with two attached hydrogens (primary N) is 1. The van der Waals surface area contributed by atoms with Crippen molar-refractivity contribution >= 4 is 28.8 Å². The number of hydrogen-bond acceptors (Lipinski definition) is 4. The second kappa shape index (κ2) is 4.46. The van der Waals surface area contributed by atoms with Gasteiger partial charge in [0.25, 0.3) is 0 Å². The first-order valence-electron chi connectivity index (χ1n) is 5.89. The Bertz CT molecular complexity index is 585. The summed E-state index contributed by atoms with van der Waals surface area (Å²) in [5.41, 5.74) is 8.89. The summed E-state index contributed by atoms with van der Waals surface area (Å²) in [5.74, 6) is 0.696. The zero-order valence-electron chi connectivity index (χ0n) is 9.81. The fourth-order valence-corrected chi connectivity index (χ4v) is 2.46. The number of hydrogen-bond donors (Lipinski definition) is 1. The average Bonchev–Trinajstić information content (AvgIpc) is 2.41. The monoisotopic (exact) mass is 260 g/mol. The van der Waals surface area contributed by atoms with E-state index in [1.807, 2.05) is 6.07 Å². The molecular weight excluding hydrogens is 248 g/mol. The van der Waals surface area contributed by atoms with E-state index in [9.17, 15) is 0 Å². The minimum absolute atomic E-state index is 0.308. The Morgan fingerprint density at radius 2 is 2.06 bits per heavy atom. The lowest BCUT2D eigenvalue weighted by Crippen LogP contribution is -2.26. The second-order valence-corrected chi connectivity index (χ2v) is 4.64. The molecule has 18 heavy (non-hydrogen) atoms. The SMILES string of the molecule is Nc1c(Cl)ncnc1N1CCCc2ccccc21. The van der Waals surface area contributed by atoms with Crippen LogP contribution in [0.15, 0.2) is 30.6 Å². The highest BCUT2D eigenvalue weighted by atomic mass is 35.5. The molecule has 1 aromatic heterocycles. The van der Waals surface area contributed by atoms with Gasteiger partial charge in [-0.3, -0.25) is 0 Å². The summed E-state index contributed by atoms with van der Waals surface area (Å²) in [7, 11) is 0. The minimum Gasteiger partial charge on any atom is -0.393 e. The third kappa shape index (κ3) is 1.78. The van der Waals surface area contributed by atoms with Crippen molar-refractivity contribution in [2.24, 2.45) is 0 Å². The van der Waals surface area contributed by atoms with Gasteiger partial charge in [0.15, 0.2) is 11.0 Å². The third-order valence-electron chi connectivity index (χ3n) is 3.18. The van der Waals surface area contributed by atoms with Gasteiger partial charge < -0.3 is 10.6 Å². The van der Waals surface area contributed by atoms with E-state index in [4.69, 9.17) is 17.3 Å². The van der Waals surface area contributed by atoms with E-state index in [1.165, 1.54) is 11.9 Å². The number of anilines is 3. The third-order valence-corrected chi connectivity index (χ3v) is 3.48. The van der Waals surface area contributed by atoms with Crippen LogP contribution in [0, 0.1) is 0 Å². The summed E-state index contributed by atoms with van der Waals surface area (Å²) >= 11 is 5.96. The van der Waals surface area contributed by atoms with E-state index in [0.29, 0.717) is 16.7 Å². The Kier molecular flexibility index (Phi) is 2.80. The summed E-state index contributed by atoms with van der Waals surface area (Å²) in [6.45, 7) is 0.897. The highest BCUT2D eigenvalue weighted by molar-refractivity contribution is 6.32. The van der Waals surface area contributed by atoms with Crippen LogP contribution in [0.25, 0.3) is 0 Å². The molecule has 92 valence electrons. The van der Waals surface area contributed by atoms with Gasteiger partial charge in [0, 0.05) is 12.2 Å². The van der Waals surface area contributed by atoms with Gasteiger partial charge in [0.1, 0.15) is 12.0 Å². The highest BCUT2D eigenvalue weighted by Crippen LogP contribution is 2.36. The molecule has 0 aliphatic carbocycles. The fraction of sp³-hybridized carbons (Fsp3) is 0.231. The Morgan fingerprint density at radius 1 is 1.22 bits per heavy atom. The van der Waals surface area contributed by atoms with E-state index in [-0.39, 0.29) is 0 Å². The van der Waals surface area contributed by atoms with Crippen LogP contribution in [0.1, 0.15) is 12.0 Å². The van der Waals surface area contributed by atoms with Crippen LogP contribution in [0.4, 0.5) is 17.2 Å². The number of fused-ring (bicyclic) bond motifs is 1. The fourth-order valence-electron chi connectivity index (χ4n) is 2.33. The summed E-state index contributed by atoms with van der Waals surface area (Å²) in [5, 5.41) is 0.308. The van der Waals surface area contributed by atoms with Gasteiger partial charge >= 0.3 is 0 Å². The Labute approximate surface area is 110 Å². The molecule has 2 aromatic rings. The second-order valence-electron chi connectivity index (χ2n) is 4.29. The predicted octanol–water partition coefficient (Wildman–Crippen LogP) is 2.80. The lowest BCUT2D eigenvalue weighted by Gasteiger charge is -2.31. The number of nitrogens with zero attached hydrogens (tertiary/aromatic N) is 3. The summed E-state index contributed by atoms with van der Waals surface area (Å²) < 4.78 is 0. The van der Waals surface area contributed by atoms with Gasteiger partial charge in [-0.1, -0.05) is 29.8 Å². The normalized spacial score (nSPS) is 14.4. The van der Waals surface area contributed by atoms with Gasteiger partial charge in [-0.05, 0) is 24.5 Å². The number of aryl methyl sites for hydroxylation is 1. The largest absolute Gasteiger partial charge is 0.393 e. The van der Waals surface area contributed by atoms with Crippen LogP contribution in [0.5, 0.6) is 0 Å². The average molecular weight is 261 g/mol. The quantitative estimate of drug-likeness (QED) is 0.801. The molecule has 4 nitrogen and oxygen atoms in total. The van der Waals surface area contributed by atoms with Gasteiger partial charge in [-0.2, -0.15) is 0 Å². The number of benzene rings is 1. The van der Waals surface area contributed by atoms with Crippen LogP contribution in [0.2, 0.25) is 5.15 Å². The number of aromatic nitrogens is 2. The van der Waals surface area contributed by atoms with Crippen molar-refractivity contribution in [2.75, 3.05) is 17.2 Å². The Morgan fingerprint density at radius 3 is 2.94 bits per heavy atom. The molecule has 2 heterocycles. The molecule has 0 saturated heterocycles. The first-order chi connectivity index (χ1) is 8.77. The van der Waals surface area contributed by atoms with Gasteiger partial charge in [-0.15, -0.1) is 0 Å². The Balaban J connectivity index is 2.11. The molecule has 1 aromatic carbocycles. The van der Waals surface area contributed by atoms with E-state index < -0.39 is 0 Å². The van der Waals surface area contributed by atoms with Crippen LogP contribution in [-0.4, -0.2) is 16.5 Å². The molecule has 0 unspecified atom stereocenters. The van der Waals surface area contributed by atoms with Crippen molar-refractivity contribution in [2.45, 2.75) is 12.8 Å². The molecule has 0 fully saturated rings. The van der Waals surface area contributed by atoms with Crippen LogP contribution >= 0.6 is 11.6 Å². The molecule has 0 radical (unpaired) electrons. The van der Waals surface area contributed by atoms with Crippen LogP contribution in [0.3, 0.4) is 0 Å². The molecule has 2 N–H and O–H groups in total. The highest BCUT2D eigenvalue weighted by Gasteiger charge is 2.21. The van der Waals surface area contributed by atoms with E-state index >= 15 is 0 Å². The van der Waals surface area contributed by atoms with E-state index in [0.717, 1.165) is 25.1 Å². The van der Waals surface area contributed by atoms with Gasteiger partial charge in [0.05, 0.1) is 0 Å². The van der Waals surface area contributed by atoms with Gasteiger partial charge in [-0.25, -0.2) is 9.97 Å². The maximum Gasteiger partial charge on any atom is 0.161 e. The summed E-state index contributed by atoms with van der Waals surface area (Å²) in [6, 6.07) is 8.30. The number of halogens is 1. The van der Waals surface area contributed by atoms with Gasteiger partial charge in [0.2, 0.25) is 0 Å². The molecule has 0 amide bonds. The molecule has 1 aliphatic rings. The molecular formula is C13H13ClN4. The van der Waals surface area contributed by atoms with Crippen LogP contribution in [-0.2, 0) is 6.42 Å². The Hall–Kier alpha value is -1.81. The molecule has 0 bridgehead atoms. The van der Waals surface area contributed by atoms with Crippen LogP contribution < -0.4 is 10.6 Å². The zero-order valence-corrected chi connectivity index (χ0v) is 10.6. The lowest BCUT2D eigenvalue weighted by atomic mass is 10.0. The standard InChI is InChI=1S/C13H13ClN4/c14-12-11(15)13(17-8-16-12)18-7-3-5-9-4-1-2-6-10(9)18/h1-2,4,6,8H,3,5,7,15H2. The predicted molar refractivity (Wildman–Crippen MR) is 73.2 cm³/mol. The van der Waals surface area contributed by atoms with Crippen molar-refractivity contribution in [1.82, 2.24) is 9.97 Å². The molecule has 0 atom stereocenters. The van der Waals surface area contributed by atoms with Crippen molar-refractivity contribution < 1.29 is 0 Å². The van der Waals surface area contributed by atoms with E-state index in [2.05, 4.69) is 33.1 Å². The van der Waals surface area contributed by atoms with Crippen molar-refractivity contribution in [1.29, 1.82) is 0 Å². The van der Waals surface area contributed by atoms with Crippen molar-refractivity contribution in [3.63, 3.8) is 0 Å². The number of para-hydroxylation sites is 1. The molecule has 0 spiro atoms. The topological polar surface area (TPSA) is 55.0 Å². The molecule has 0 saturated carbocycles. The number of rotatable bonds is 1. The molecule has 5 heteroatoms. The number of nitrogen functional groups attached to an aromatic ring is 1. The van der Waals surface area contributed by atoms with Crippen molar-refractivity contribution in [3.8, 4) is 0 Å². The first kappa shape index (κ1) is 11.3. The summed E-state index contributed by atoms with van der Waals surface area (Å²) in [6.07, 6.45) is 3.62. The van der Waals surface area contributed by atoms with E-state index in [1.54, 1.807) is 0 Å².